The molecule has 1 atom stereocenters. The van der Waals surface area contributed by atoms with Crippen molar-refractivity contribution in [3.05, 3.63) is 17.8 Å². The molecule has 0 amide bonds. The number of hydrogen-bond donors (Lipinski definition) is 1. The average Bonchev–Trinajstić information content (AvgIpc) is 2.59. The summed E-state index contributed by atoms with van der Waals surface area (Å²) in [6, 6.07) is 0.213. The van der Waals surface area contributed by atoms with Gasteiger partial charge < -0.3 is 9.73 Å². The minimum absolute atomic E-state index is 0.213. The predicted octanol–water partition coefficient (Wildman–Crippen LogP) is 2.39. The molecule has 1 rings (SSSR count). The number of nitrogens with one attached hydrogen (secondary N) is 1. The molecule has 14 heavy (non-hydrogen) atoms. The summed E-state index contributed by atoms with van der Waals surface area (Å²) in [5, 5.41) is 3.38. The first kappa shape index (κ1) is 11.6. The fourth-order valence-corrected chi connectivity index (χ4v) is 1.63. The predicted molar refractivity (Wildman–Crippen MR) is 60.7 cm³/mol. The lowest BCUT2D eigenvalue weighted by Gasteiger charge is -2.09. The van der Waals surface area contributed by atoms with Crippen molar-refractivity contribution >= 4 is 11.8 Å². The third-order valence-electron chi connectivity index (χ3n) is 1.99. The summed E-state index contributed by atoms with van der Waals surface area (Å²) in [5.41, 5.74) is 0. The van der Waals surface area contributed by atoms with Gasteiger partial charge in [-0.25, -0.2) is 4.98 Å². The van der Waals surface area contributed by atoms with Crippen LogP contribution in [0.1, 0.15) is 31.0 Å². The number of rotatable bonds is 6. The number of aromatic nitrogens is 1. The Bertz CT molecular complexity index is 262. The summed E-state index contributed by atoms with van der Waals surface area (Å²) in [6.45, 7) is 5.00. The molecule has 0 aromatic carbocycles. The average molecular weight is 214 g/mol. The van der Waals surface area contributed by atoms with E-state index in [1.165, 1.54) is 12.2 Å². The highest BCUT2D eigenvalue weighted by molar-refractivity contribution is 7.98. The van der Waals surface area contributed by atoms with E-state index in [4.69, 9.17) is 4.42 Å². The Labute approximate surface area is 89.7 Å². The van der Waals surface area contributed by atoms with Crippen molar-refractivity contribution < 1.29 is 4.42 Å². The number of thioether (sulfide) groups is 1. The van der Waals surface area contributed by atoms with E-state index in [2.05, 4.69) is 23.5 Å². The van der Waals surface area contributed by atoms with Gasteiger partial charge in [0.25, 0.3) is 0 Å². The van der Waals surface area contributed by atoms with Gasteiger partial charge in [0.1, 0.15) is 5.76 Å². The monoisotopic (exact) mass is 214 g/mol. The Kier molecular flexibility index (Phi) is 5.04. The van der Waals surface area contributed by atoms with Gasteiger partial charge in [-0.3, -0.25) is 0 Å². The zero-order valence-corrected chi connectivity index (χ0v) is 9.86. The van der Waals surface area contributed by atoms with Crippen LogP contribution in [0.3, 0.4) is 0 Å². The van der Waals surface area contributed by atoms with Crippen LogP contribution in [0.25, 0.3) is 0 Å². The van der Waals surface area contributed by atoms with Crippen molar-refractivity contribution in [1.29, 1.82) is 0 Å². The van der Waals surface area contributed by atoms with E-state index in [0.29, 0.717) is 0 Å². The normalized spacial score (nSPS) is 13.1. The Morgan fingerprint density at radius 3 is 3.00 bits per heavy atom. The molecule has 0 saturated carbocycles. The molecule has 0 saturated heterocycles. The number of oxazole rings is 1. The van der Waals surface area contributed by atoms with E-state index >= 15 is 0 Å². The topological polar surface area (TPSA) is 38.1 Å². The van der Waals surface area contributed by atoms with Crippen LogP contribution in [0.5, 0.6) is 0 Å². The molecule has 1 heterocycles. The van der Waals surface area contributed by atoms with Gasteiger partial charge in [0.2, 0.25) is 5.89 Å². The van der Waals surface area contributed by atoms with Gasteiger partial charge in [-0.15, -0.1) is 0 Å². The maximum Gasteiger partial charge on any atom is 0.211 e. The zero-order chi connectivity index (χ0) is 10.4. The molecule has 1 aromatic heterocycles. The van der Waals surface area contributed by atoms with Crippen molar-refractivity contribution in [3.8, 4) is 0 Å². The lowest BCUT2D eigenvalue weighted by atomic mass is 10.3. The van der Waals surface area contributed by atoms with Gasteiger partial charge in [-0.2, -0.15) is 11.8 Å². The molecular weight excluding hydrogens is 196 g/mol. The van der Waals surface area contributed by atoms with Crippen molar-refractivity contribution in [2.45, 2.75) is 26.3 Å². The number of hydrogen-bond acceptors (Lipinski definition) is 4. The van der Waals surface area contributed by atoms with Crippen LogP contribution >= 0.6 is 11.8 Å². The fourth-order valence-electron chi connectivity index (χ4n) is 1.19. The van der Waals surface area contributed by atoms with E-state index in [1.807, 2.05) is 18.7 Å². The van der Waals surface area contributed by atoms with Crippen LogP contribution in [-0.2, 0) is 0 Å². The second-order valence-corrected chi connectivity index (χ2v) is 4.32. The van der Waals surface area contributed by atoms with Gasteiger partial charge in [0.15, 0.2) is 0 Å². The van der Waals surface area contributed by atoms with E-state index in [-0.39, 0.29) is 6.04 Å². The maximum atomic E-state index is 5.42. The van der Waals surface area contributed by atoms with Gasteiger partial charge >= 0.3 is 0 Å². The molecule has 4 heteroatoms. The van der Waals surface area contributed by atoms with Crippen LogP contribution in [0.4, 0.5) is 0 Å². The van der Waals surface area contributed by atoms with Crippen molar-refractivity contribution in [2.75, 3.05) is 18.6 Å². The number of aryl methyl sites for hydroxylation is 1. The van der Waals surface area contributed by atoms with Gasteiger partial charge in [0, 0.05) is 0 Å². The van der Waals surface area contributed by atoms with Crippen LogP contribution in [0.15, 0.2) is 10.6 Å². The second kappa shape index (κ2) is 6.09. The molecule has 0 spiro atoms. The summed E-state index contributed by atoms with van der Waals surface area (Å²) >= 11 is 1.87. The summed E-state index contributed by atoms with van der Waals surface area (Å²) in [7, 11) is 0. The van der Waals surface area contributed by atoms with Gasteiger partial charge in [-0.05, 0) is 38.8 Å². The largest absolute Gasteiger partial charge is 0.444 e. The molecule has 0 radical (unpaired) electrons. The molecule has 0 aliphatic carbocycles. The molecule has 1 unspecified atom stereocenters. The van der Waals surface area contributed by atoms with Crippen LogP contribution in [0.2, 0.25) is 0 Å². The molecular formula is C10H18N2OS. The Morgan fingerprint density at radius 2 is 2.43 bits per heavy atom. The van der Waals surface area contributed by atoms with Crippen molar-refractivity contribution in [1.82, 2.24) is 10.3 Å². The van der Waals surface area contributed by atoms with Gasteiger partial charge in [0.05, 0.1) is 12.2 Å². The van der Waals surface area contributed by atoms with Gasteiger partial charge in [-0.1, -0.05) is 0 Å². The second-order valence-electron chi connectivity index (χ2n) is 3.33. The summed E-state index contributed by atoms with van der Waals surface area (Å²) in [5.74, 6) is 2.86. The molecule has 3 nitrogen and oxygen atoms in total. The summed E-state index contributed by atoms with van der Waals surface area (Å²) in [4.78, 5) is 4.18. The van der Waals surface area contributed by atoms with E-state index in [1.54, 1.807) is 6.20 Å². The molecule has 0 aliphatic rings. The van der Waals surface area contributed by atoms with Crippen molar-refractivity contribution in [2.24, 2.45) is 0 Å². The fraction of sp³-hybridized carbons (Fsp3) is 0.700. The Hall–Kier alpha value is -0.480. The third kappa shape index (κ3) is 3.72. The molecule has 0 bridgehead atoms. The van der Waals surface area contributed by atoms with Crippen LogP contribution in [-0.4, -0.2) is 23.5 Å². The Balaban J connectivity index is 2.25. The zero-order valence-electron chi connectivity index (χ0n) is 9.04. The lowest BCUT2D eigenvalue weighted by Crippen LogP contribution is -2.20. The van der Waals surface area contributed by atoms with Crippen LogP contribution in [0, 0.1) is 6.92 Å². The third-order valence-corrected chi connectivity index (χ3v) is 2.68. The van der Waals surface area contributed by atoms with Crippen molar-refractivity contribution in [3.63, 3.8) is 0 Å². The molecule has 1 aromatic rings. The highest BCUT2D eigenvalue weighted by atomic mass is 32.2. The summed E-state index contributed by atoms with van der Waals surface area (Å²) in [6.07, 6.45) is 5.07. The van der Waals surface area contributed by atoms with E-state index in [0.717, 1.165) is 18.2 Å². The molecule has 0 fully saturated rings. The SMILES string of the molecule is CSCCCNC(C)c1ncc(C)o1. The highest BCUT2D eigenvalue weighted by Crippen LogP contribution is 2.11. The maximum absolute atomic E-state index is 5.42. The number of nitrogens with zero attached hydrogens (tertiary/aromatic N) is 1. The highest BCUT2D eigenvalue weighted by Gasteiger charge is 2.09. The first-order valence-electron chi connectivity index (χ1n) is 4.88. The molecule has 80 valence electrons. The minimum Gasteiger partial charge on any atom is -0.444 e. The molecule has 1 N–H and O–H groups in total. The first-order chi connectivity index (χ1) is 6.74. The molecule has 0 aliphatic heterocycles. The summed E-state index contributed by atoms with van der Waals surface area (Å²) < 4.78 is 5.42. The van der Waals surface area contributed by atoms with E-state index < -0.39 is 0 Å². The smallest absolute Gasteiger partial charge is 0.211 e. The van der Waals surface area contributed by atoms with E-state index in [9.17, 15) is 0 Å². The first-order valence-corrected chi connectivity index (χ1v) is 6.28. The lowest BCUT2D eigenvalue weighted by molar-refractivity contribution is 0.404. The minimum atomic E-state index is 0.213. The standard InChI is InChI=1S/C10H18N2OS/c1-8-7-12-10(13-8)9(2)11-5-4-6-14-3/h7,9,11H,4-6H2,1-3H3. The quantitative estimate of drug-likeness (QED) is 0.738. The Morgan fingerprint density at radius 1 is 1.64 bits per heavy atom. The van der Waals surface area contributed by atoms with Crippen LogP contribution < -0.4 is 5.32 Å².